The van der Waals surface area contributed by atoms with Gasteiger partial charge in [0.15, 0.2) is 11.5 Å². The maximum atomic E-state index is 12.5. The molecule has 148 valence electrons. The third kappa shape index (κ3) is 4.60. The monoisotopic (exact) mass is 399 g/mol. The summed E-state index contributed by atoms with van der Waals surface area (Å²) in [5, 5.41) is 0. The number of benzene rings is 2. The number of rotatable bonds is 7. The maximum Gasteiger partial charge on any atom is 0.240 e. The molecule has 4 rings (SSSR count). The van der Waals surface area contributed by atoms with Crippen LogP contribution in [0.15, 0.2) is 63.9 Å². The first kappa shape index (κ1) is 19.1. The van der Waals surface area contributed by atoms with Crippen LogP contribution in [-0.2, 0) is 16.4 Å². The van der Waals surface area contributed by atoms with Gasteiger partial charge in [-0.05, 0) is 56.6 Å². The highest BCUT2D eigenvalue weighted by Crippen LogP contribution is 2.17. The molecule has 2 heterocycles. The Bertz CT molecular complexity index is 985. The summed E-state index contributed by atoms with van der Waals surface area (Å²) in [5.41, 5.74) is 1.72. The number of para-hydroxylation sites is 2. The van der Waals surface area contributed by atoms with Gasteiger partial charge in [0.2, 0.25) is 10.0 Å². The fourth-order valence-corrected chi connectivity index (χ4v) is 5.01. The van der Waals surface area contributed by atoms with E-state index in [2.05, 4.69) is 14.6 Å². The minimum Gasteiger partial charge on any atom is -0.441 e. The van der Waals surface area contributed by atoms with Gasteiger partial charge in [-0.1, -0.05) is 30.3 Å². The Balaban J connectivity index is 1.29. The van der Waals surface area contributed by atoms with Crippen molar-refractivity contribution in [2.45, 2.75) is 36.6 Å². The average Bonchev–Trinajstić information content (AvgIpc) is 3.11. The van der Waals surface area contributed by atoms with E-state index < -0.39 is 10.0 Å². The molecular weight excluding hydrogens is 374 g/mol. The van der Waals surface area contributed by atoms with Crippen LogP contribution < -0.4 is 4.72 Å². The molecule has 0 amide bonds. The molecule has 1 atom stereocenters. The van der Waals surface area contributed by atoms with Crippen molar-refractivity contribution in [3.8, 4) is 0 Å². The van der Waals surface area contributed by atoms with Crippen LogP contribution in [0, 0.1) is 0 Å². The number of hydrogen-bond acceptors (Lipinski definition) is 5. The molecule has 1 aliphatic rings. The Morgan fingerprint density at radius 1 is 1.11 bits per heavy atom. The van der Waals surface area contributed by atoms with Crippen molar-refractivity contribution in [1.82, 2.24) is 14.6 Å². The molecule has 2 aromatic carbocycles. The quantitative estimate of drug-likeness (QED) is 0.660. The molecule has 0 unspecified atom stereocenters. The first-order valence-corrected chi connectivity index (χ1v) is 11.2. The molecule has 6 nitrogen and oxygen atoms in total. The third-order valence-electron chi connectivity index (χ3n) is 5.08. The molecule has 1 fully saturated rings. The number of oxazole rings is 1. The van der Waals surface area contributed by atoms with Gasteiger partial charge in [0.25, 0.3) is 0 Å². The van der Waals surface area contributed by atoms with Crippen LogP contribution >= 0.6 is 0 Å². The highest BCUT2D eigenvalue weighted by atomic mass is 32.2. The second-order valence-corrected chi connectivity index (χ2v) is 8.97. The molecule has 7 heteroatoms. The van der Waals surface area contributed by atoms with Crippen LogP contribution in [0.4, 0.5) is 0 Å². The zero-order valence-corrected chi connectivity index (χ0v) is 16.6. The predicted octanol–water partition coefficient (Wildman–Crippen LogP) is 3.20. The fourth-order valence-electron chi connectivity index (χ4n) is 3.72. The summed E-state index contributed by atoms with van der Waals surface area (Å²) in [6.07, 6.45) is 3.58. The van der Waals surface area contributed by atoms with Crippen LogP contribution in [0.2, 0.25) is 0 Å². The molecule has 0 bridgehead atoms. The molecule has 1 aromatic heterocycles. The smallest absolute Gasteiger partial charge is 0.240 e. The zero-order valence-electron chi connectivity index (χ0n) is 15.8. The number of hydrogen-bond donors (Lipinski definition) is 1. The van der Waals surface area contributed by atoms with E-state index in [1.54, 1.807) is 24.3 Å². The number of likely N-dealkylation sites (tertiary alicyclic amines) is 1. The van der Waals surface area contributed by atoms with Crippen molar-refractivity contribution in [3.63, 3.8) is 0 Å². The molecule has 0 radical (unpaired) electrons. The summed E-state index contributed by atoms with van der Waals surface area (Å²) in [7, 11) is -3.46. The Morgan fingerprint density at radius 3 is 2.71 bits per heavy atom. The first-order valence-electron chi connectivity index (χ1n) is 9.74. The minimum atomic E-state index is -3.46. The van der Waals surface area contributed by atoms with Crippen molar-refractivity contribution in [2.24, 2.45) is 0 Å². The summed E-state index contributed by atoms with van der Waals surface area (Å²) in [5.74, 6) is 0.763. The van der Waals surface area contributed by atoms with E-state index in [0.29, 0.717) is 4.90 Å². The molecule has 1 N–H and O–H groups in total. The maximum absolute atomic E-state index is 12.5. The second-order valence-electron chi connectivity index (χ2n) is 7.25. The Kier molecular flexibility index (Phi) is 5.75. The molecule has 1 aliphatic heterocycles. The van der Waals surface area contributed by atoms with Crippen LogP contribution in [0.25, 0.3) is 11.1 Å². The lowest BCUT2D eigenvalue weighted by Crippen LogP contribution is -2.47. The Labute approximate surface area is 165 Å². The normalized spacial score (nSPS) is 18.5. The number of aromatic nitrogens is 1. The van der Waals surface area contributed by atoms with Gasteiger partial charge in [0.1, 0.15) is 5.52 Å². The van der Waals surface area contributed by atoms with E-state index in [1.807, 2.05) is 30.3 Å². The number of sulfonamides is 1. The Hall–Kier alpha value is -2.22. The molecule has 0 saturated carbocycles. The van der Waals surface area contributed by atoms with E-state index in [0.717, 1.165) is 62.3 Å². The zero-order chi connectivity index (χ0) is 19.4. The summed E-state index contributed by atoms with van der Waals surface area (Å²) in [6.45, 7) is 2.64. The highest BCUT2D eigenvalue weighted by molar-refractivity contribution is 7.89. The lowest BCUT2D eigenvalue weighted by molar-refractivity contribution is 0.199. The van der Waals surface area contributed by atoms with E-state index >= 15 is 0 Å². The molecule has 1 saturated heterocycles. The first-order chi connectivity index (χ1) is 13.6. The van der Waals surface area contributed by atoms with Crippen LogP contribution in [0.5, 0.6) is 0 Å². The predicted molar refractivity (Wildman–Crippen MR) is 109 cm³/mol. The summed E-state index contributed by atoms with van der Waals surface area (Å²) in [6, 6.07) is 16.3. The lowest BCUT2D eigenvalue weighted by atomic mass is 10.1. The van der Waals surface area contributed by atoms with Gasteiger partial charge in [-0.25, -0.2) is 18.1 Å². The molecule has 0 aliphatic carbocycles. The second kappa shape index (κ2) is 8.43. The topological polar surface area (TPSA) is 75.4 Å². The van der Waals surface area contributed by atoms with Gasteiger partial charge in [0.05, 0.1) is 4.90 Å². The summed E-state index contributed by atoms with van der Waals surface area (Å²) < 4.78 is 33.7. The van der Waals surface area contributed by atoms with E-state index in [-0.39, 0.29) is 6.04 Å². The molecular formula is C21H25N3O3S. The van der Waals surface area contributed by atoms with Gasteiger partial charge in [-0.2, -0.15) is 0 Å². The largest absolute Gasteiger partial charge is 0.441 e. The number of nitrogens with zero attached hydrogens (tertiary/aromatic N) is 2. The number of piperidine rings is 1. The van der Waals surface area contributed by atoms with E-state index in [9.17, 15) is 8.42 Å². The van der Waals surface area contributed by atoms with Gasteiger partial charge >= 0.3 is 0 Å². The average molecular weight is 400 g/mol. The van der Waals surface area contributed by atoms with Crippen LogP contribution in [0.1, 0.15) is 25.2 Å². The highest BCUT2D eigenvalue weighted by Gasteiger charge is 2.25. The van der Waals surface area contributed by atoms with Gasteiger partial charge in [-0.3, -0.25) is 0 Å². The Morgan fingerprint density at radius 2 is 1.89 bits per heavy atom. The van der Waals surface area contributed by atoms with Crippen molar-refractivity contribution >= 4 is 21.1 Å². The van der Waals surface area contributed by atoms with Crippen molar-refractivity contribution in [2.75, 3.05) is 19.6 Å². The van der Waals surface area contributed by atoms with E-state index in [4.69, 9.17) is 4.42 Å². The van der Waals surface area contributed by atoms with Crippen LogP contribution in [-0.4, -0.2) is 44.0 Å². The number of aryl methyl sites for hydroxylation is 1. The van der Waals surface area contributed by atoms with Gasteiger partial charge < -0.3 is 9.32 Å². The summed E-state index contributed by atoms with van der Waals surface area (Å²) in [4.78, 5) is 7.16. The summed E-state index contributed by atoms with van der Waals surface area (Å²) >= 11 is 0. The third-order valence-corrected chi connectivity index (χ3v) is 6.62. The van der Waals surface area contributed by atoms with Crippen molar-refractivity contribution in [3.05, 3.63) is 60.5 Å². The fraction of sp³-hybridized carbons (Fsp3) is 0.381. The van der Waals surface area contributed by atoms with Crippen molar-refractivity contribution in [1.29, 1.82) is 0 Å². The number of fused-ring (bicyclic) bond motifs is 1. The van der Waals surface area contributed by atoms with Gasteiger partial charge in [0, 0.05) is 19.0 Å². The molecule has 0 spiro atoms. The van der Waals surface area contributed by atoms with E-state index in [1.165, 1.54) is 0 Å². The minimum absolute atomic E-state index is 0.0525. The van der Waals surface area contributed by atoms with Crippen molar-refractivity contribution < 1.29 is 12.8 Å². The lowest BCUT2D eigenvalue weighted by Gasteiger charge is -2.32. The van der Waals surface area contributed by atoms with Gasteiger partial charge in [-0.15, -0.1) is 0 Å². The molecule has 3 aromatic rings. The standard InChI is InChI=1S/C21H25N3O3S/c25-28(26,18-9-2-1-3-10-18)23-17-8-6-14-24(16-17)15-7-13-21-22-19-11-4-5-12-20(19)27-21/h1-5,9-12,17,23H,6-8,13-16H2/t17-/m1/s1. The molecule has 28 heavy (non-hydrogen) atoms. The van der Waals surface area contributed by atoms with Crippen LogP contribution in [0.3, 0.4) is 0 Å². The number of nitrogens with one attached hydrogen (secondary N) is 1. The SMILES string of the molecule is O=S(=O)(N[C@@H]1CCCN(CCCc2nc3ccccc3o2)C1)c1ccccc1.